The third-order valence-electron chi connectivity index (χ3n) is 18.5. The molecule has 0 spiro atoms. The molecule has 4 aliphatic rings. The minimum Gasteiger partial charge on any atom is -0.741 e. The summed E-state index contributed by atoms with van der Waals surface area (Å²) in [5.41, 5.74) is 20.7. The monoisotopic (exact) mass is 1810 g/mol. The molecule has 6 aromatic carbocycles. The van der Waals surface area contributed by atoms with Crippen LogP contribution in [0, 0.1) is 30.1 Å². The SMILES string of the molecule is C#Cc1ccc(OC(F)F)cc1.C=Cc1cccc(Br)c1.CC(=O)N(C)C.CC1(C)C(=O)CC1c1cccc(Br)c1.CN1C(=O)C(c2ccc(OC(F)F)cc2)(c2cccc(C3CC(=O)C3)c2)N=C1N.CN=C(N)N.C[N+](C)=C1CC(c2cccc(Br)c2)C1(C)C.Cc1cc(C(C)(C)C)nc(C(C)(C)C)c1.O.O=S(=O)([O-])C(F)(F)F. The average molecular weight is 1820 g/mol. The number of hydrogen-bond donors (Lipinski definition) is 3. The molecule has 2 heterocycles. The van der Waals surface area contributed by atoms with Crippen molar-refractivity contribution in [1.82, 2.24) is 14.8 Å². The molecule has 7 aromatic rings. The minimum absolute atomic E-state index is 0. The molecule has 2 amide bonds. The number of aryl methyl sites for hydroxylation is 1. The summed E-state index contributed by atoms with van der Waals surface area (Å²) < 4.78 is 121. The van der Waals surface area contributed by atoms with Crippen LogP contribution in [0.4, 0.5) is 30.7 Å². The summed E-state index contributed by atoms with van der Waals surface area (Å²) in [5, 5.41) is 0. The highest BCUT2D eigenvalue weighted by atomic mass is 79.9. The second-order valence-electron chi connectivity index (χ2n) is 30.2. The molecule has 0 radical (unpaired) electrons. The van der Waals surface area contributed by atoms with Crippen molar-refractivity contribution in [2.75, 3.05) is 42.3 Å². The fourth-order valence-corrected chi connectivity index (χ4v) is 12.7. The highest BCUT2D eigenvalue weighted by Gasteiger charge is 2.52. The molecule has 3 saturated carbocycles. The van der Waals surface area contributed by atoms with Crippen LogP contribution in [0.3, 0.4) is 0 Å². The number of carbonyl (C=O) groups is 4. The van der Waals surface area contributed by atoms with Crippen molar-refractivity contribution >= 4 is 105 Å². The van der Waals surface area contributed by atoms with Crippen molar-refractivity contribution in [3.63, 3.8) is 0 Å². The van der Waals surface area contributed by atoms with Crippen LogP contribution >= 0.6 is 47.8 Å². The van der Waals surface area contributed by atoms with Gasteiger partial charge in [0.1, 0.15) is 37.2 Å². The van der Waals surface area contributed by atoms with Gasteiger partial charge in [0.2, 0.25) is 5.91 Å². The molecule has 8 N–H and O–H groups in total. The predicted octanol–water partition coefficient (Wildman–Crippen LogP) is 17.5. The minimum atomic E-state index is -6.09. The molecule has 1 aliphatic heterocycles. The number of nitrogens with two attached hydrogens (primary N) is 3. The number of alkyl halides is 7. The van der Waals surface area contributed by atoms with E-state index in [1.807, 2.05) is 74.5 Å². The molecule has 0 saturated heterocycles. The number of guanidine groups is 2. The number of likely N-dealkylation sites (N-methyl/N-ethyl adjacent to an activating group) is 1. The van der Waals surface area contributed by atoms with Gasteiger partial charge in [-0.1, -0.05) is 195 Å². The van der Waals surface area contributed by atoms with E-state index in [0.717, 1.165) is 20.1 Å². The largest absolute Gasteiger partial charge is 0.741 e. The summed E-state index contributed by atoms with van der Waals surface area (Å²) in [5.74, 6) is 4.16. The lowest BCUT2D eigenvalue weighted by atomic mass is 9.58. The van der Waals surface area contributed by atoms with Crippen molar-refractivity contribution in [2.24, 2.45) is 38.0 Å². The highest BCUT2D eigenvalue weighted by Crippen LogP contribution is 2.51. The summed E-state index contributed by atoms with van der Waals surface area (Å²) in [6.45, 7) is 23.6. The smallest absolute Gasteiger partial charge is 0.485 e. The number of benzene rings is 6. The first-order valence-electron chi connectivity index (χ1n) is 35.5. The highest BCUT2D eigenvalue weighted by molar-refractivity contribution is 9.11. The lowest BCUT2D eigenvalue weighted by Gasteiger charge is -2.43. The van der Waals surface area contributed by atoms with Crippen molar-refractivity contribution < 1.29 is 82.4 Å². The maximum Gasteiger partial charge on any atom is 0.485 e. The molecule has 3 fully saturated rings. The summed E-state index contributed by atoms with van der Waals surface area (Å²) >= 11 is 10.4. The van der Waals surface area contributed by atoms with Gasteiger partial charge in [0.05, 0.1) is 5.41 Å². The molecule has 3 atom stereocenters. The standard InChI is InChI=1S/C21H19F2N3O3.C14H19BrN.C14H23N.C12H13BrO.C9H6F2O.C8H7Br.C4H9NO.C2H7N3.CHF3O3S.H2O/c1-26-18(28)21(25-20(26)24,14-5-7-17(8-6-14)29-19(22)23)15-4-2-3-12(9-15)13-10-16(27)11-13;1-14(2)12(9-13(14)16(3)4)10-6-5-7-11(15)8-10;1-10-8-11(13(2,3)4)15-12(9-10)14(5,6)7;1-12(2)10(7-11(12)14)8-4-3-5-9(13)6-8;1-2-7-3-5-8(6-4-7)12-9(10)11;1-2-7-4-3-5-8(9)6-7;1-4(6)5(2)3;1-5-2(3)4;2-1(3,4)8(5,6)7;/h2-9,13,19H,10-11H2,1H3,(H2,24,25);5-8,12H,9H2,1-4H3;8-9H,1-7H3;3-6,10H,7H2,1-2H3;1,3-6,9H;2-6H,1H2;1-3H3;1H3,(H4,3,4,5);(H,5,6,7);1H2/q;+1;;;;;;;;/p-1. The van der Waals surface area contributed by atoms with Gasteiger partial charge in [-0.2, -0.15) is 30.7 Å². The molecular weight excluding hydrogens is 1710 g/mol. The van der Waals surface area contributed by atoms with Gasteiger partial charge >= 0.3 is 18.7 Å². The third kappa shape index (κ3) is 31.1. The molecule has 626 valence electrons. The van der Waals surface area contributed by atoms with Crippen LogP contribution in [0.2, 0.25) is 0 Å². The normalized spacial score (nSPS) is 16.8. The lowest BCUT2D eigenvalue weighted by molar-refractivity contribution is -0.473. The molecule has 11 rings (SSSR count). The second-order valence-corrected chi connectivity index (χ2v) is 34.3. The Morgan fingerprint density at radius 1 is 0.704 bits per heavy atom. The predicted molar refractivity (Wildman–Crippen MR) is 451 cm³/mol. The lowest BCUT2D eigenvalue weighted by Crippen LogP contribution is -2.47. The van der Waals surface area contributed by atoms with Crippen molar-refractivity contribution in [1.29, 1.82) is 0 Å². The average Bonchev–Trinajstić information content (AvgIpc) is 1.66. The number of amides is 2. The number of aliphatic imine (C=N–C) groups is 2. The number of Topliss-reactive ketones (excluding diaryl/α,β-unsaturated/α-hetero) is 2. The maximum atomic E-state index is 13.2. The van der Waals surface area contributed by atoms with E-state index in [0.29, 0.717) is 59.0 Å². The number of pyridine rings is 1. The zero-order chi connectivity index (χ0) is 87.0. The number of rotatable bonds is 10. The fraction of sp³-hybridized carbons (Fsp3) is 0.388. The second kappa shape index (κ2) is 44.3. The molecular formula is C85H105Br3F7N9O10S. The van der Waals surface area contributed by atoms with Gasteiger partial charge in [-0.25, -0.2) is 18.0 Å². The van der Waals surface area contributed by atoms with Gasteiger partial charge in [0.15, 0.2) is 33.3 Å². The van der Waals surface area contributed by atoms with Crippen LogP contribution in [0.5, 0.6) is 11.5 Å². The van der Waals surface area contributed by atoms with Gasteiger partial charge in [0.25, 0.3) is 5.91 Å². The van der Waals surface area contributed by atoms with Crippen LogP contribution in [0.25, 0.3) is 6.08 Å². The topological polar surface area (TPSA) is 301 Å². The third-order valence-corrected chi connectivity index (χ3v) is 20.6. The zero-order valence-electron chi connectivity index (χ0n) is 67.9. The van der Waals surface area contributed by atoms with Crippen LogP contribution in [-0.2, 0) is 45.7 Å². The molecule has 30 heteroatoms. The van der Waals surface area contributed by atoms with E-state index < -0.39 is 34.4 Å². The Kier molecular flexibility index (Phi) is 39.3. The number of ketones is 2. The van der Waals surface area contributed by atoms with Crippen molar-refractivity contribution in [3.8, 4) is 23.8 Å². The Bertz CT molecular complexity index is 4650. The Hall–Kier alpha value is -9.12. The number of nitrogens with zero attached hydrogens (tertiary/aromatic N) is 6. The van der Waals surface area contributed by atoms with Gasteiger partial charge in [-0.3, -0.25) is 34.1 Å². The van der Waals surface area contributed by atoms with E-state index >= 15 is 0 Å². The summed E-state index contributed by atoms with van der Waals surface area (Å²) in [4.78, 5) is 61.5. The van der Waals surface area contributed by atoms with E-state index in [2.05, 4.69) is 209 Å². The number of carbonyl (C=O) groups excluding carboxylic acids is 4. The zero-order valence-corrected chi connectivity index (χ0v) is 73.4. The van der Waals surface area contributed by atoms with Crippen LogP contribution in [0.1, 0.15) is 175 Å². The van der Waals surface area contributed by atoms with E-state index in [-0.39, 0.29) is 68.7 Å². The molecule has 1 aromatic heterocycles. The molecule has 19 nitrogen and oxygen atoms in total. The summed E-state index contributed by atoms with van der Waals surface area (Å²) in [6.07, 6.45) is 9.74. The Balaban J connectivity index is 0.000000461. The first-order valence-corrected chi connectivity index (χ1v) is 39.3. The van der Waals surface area contributed by atoms with Gasteiger partial charge in [0, 0.05) is 119 Å². The van der Waals surface area contributed by atoms with E-state index in [4.69, 9.17) is 41.6 Å². The van der Waals surface area contributed by atoms with Crippen molar-refractivity contribution in [2.45, 2.75) is 162 Å². The number of ether oxygens (including phenoxy) is 2. The quantitative estimate of drug-likeness (QED) is 0.0218. The van der Waals surface area contributed by atoms with E-state index in [9.17, 15) is 49.9 Å². The Labute approximate surface area is 697 Å². The Morgan fingerprint density at radius 2 is 1.11 bits per heavy atom. The number of terminal acetylenes is 1. The summed E-state index contributed by atoms with van der Waals surface area (Å²) in [7, 11) is 4.72. The maximum absolute atomic E-state index is 13.2. The fourth-order valence-electron chi connectivity index (χ4n) is 11.4. The van der Waals surface area contributed by atoms with Gasteiger partial charge in [-0.15, -0.1) is 6.42 Å². The van der Waals surface area contributed by atoms with Crippen LogP contribution in [-0.4, -0.2) is 140 Å². The molecule has 3 unspecified atom stereocenters. The van der Waals surface area contributed by atoms with Crippen LogP contribution in [0.15, 0.2) is 188 Å². The molecule has 115 heavy (non-hydrogen) atoms. The van der Waals surface area contributed by atoms with E-state index in [1.165, 1.54) is 118 Å². The van der Waals surface area contributed by atoms with Gasteiger partial charge in [-0.05, 0) is 151 Å². The van der Waals surface area contributed by atoms with Gasteiger partial charge < -0.3 is 41.6 Å². The number of aromatic nitrogens is 1. The molecule has 0 bridgehead atoms. The van der Waals surface area contributed by atoms with Crippen LogP contribution < -0.4 is 26.7 Å². The Morgan fingerprint density at radius 3 is 1.43 bits per heavy atom. The first kappa shape index (κ1) is 102. The van der Waals surface area contributed by atoms with Crippen molar-refractivity contribution in [3.05, 3.63) is 234 Å². The number of halogens is 10. The molecule has 3 aliphatic carbocycles. The number of hydrogen-bond acceptors (Lipinski definition) is 13. The first-order chi connectivity index (χ1) is 52.6. The van der Waals surface area contributed by atoms with E-state index in [1.54, 1.807) is 25.9 Å². The summed E-state index contributed by atoms with van der Waals surface area (Å²) in [6, 6.07) is 48.4.